The summed E-state index contributed by atoms with van der Waals surface area (Å²) in [7, 11) is 0. The van der Waals surface area contributed by atoms with Crippen molar-refractivity contribution < 1.29 is 0 Å². The Balaban J connectivity index is 2.88. The van der Waals surface area contributed by atoms with Crippen LogP contribution in [0, 0.1) is 0 Å². The lowest BCUT2D eigenvalue weighted by molar-refractivity contribution is 1.46. The molecule has 0 fully saturated rings. The van der Waals surface area contributed by atoms with Gasteiger partial charge in [0.05, 0.1) is 4.47 Å². The molecule has 0 saturated carbocycles. The number of aromatic amines is 1. The Bertz CT molecular complexity index is 434. The van der Waals surface area contributed by atoms with Crippen LogP contribution in [-0.4, -0.2) is 4.98 Å². The van der Waals surface area contributed by atoms with E-state index in [0.29, 0.717) is 5.82 Å². The first kappa shape index (κ1) is 8.13. The van der Waals surface area contributed by atoms with Gasteiger partial charge in [0.2, 0.25) is 0 Å². The minimum Gasteiger partial charge on any atom is -0.384 e. The van der Waals surface area contributed by atoms with E-state index in [9.17, 15) is 0 Å². The topological polar surface area (TPSA) is 41.8 Å². The predicted octanol–water partition coefficient (Wildman–Crippen LogP) is 3.28. The lowest BCUT2D eigenvalue weighted by Gasteiger charge is -1.90. The quantitative estimate of drug-likeness (QED) is 0.768. The average Bonchev–Trinajstić information content (AvgIpc) is 2.31. The summed E-state index contributed by atoms with van der Waals surface area (Å²) in [6.07, 6.45) is 0. The number of aromatic nitrogens is 1. The number of nitrogen functional groups attached to an aromatic ring is 1. The smallest absolute Gasteiger partial charge is 0.116 e. The average molecular weight is 290 g/mol. The molecule has 2 nitrogen and oxygen atoms in total. The first-order valence-electron chi connectivity index (χ1n) is 3.40. The second kappa shape index (κ2) is 2.78. The fourth-order valence-corrected chi connectivity index (χ4v) is 1.94. The SMILES string of the molecule is Nc1[nH]c2ccc(Br)cc2c1Br. The summed E-state index contributed by atoms with van der Waals surface area (Å²) < 4.78 is 1.98. The molecule has 0 unspecified atom stereocenters. The molecule has 1 aromatic carbocycles. The van der Waals surface area contributed by atoms with Crippen LogP contribution in [0.2, 0.25) is 0 Å². The Morgan fingerprint density at radius 3 is 2.75 bits per heavy atom. The molecule has 0 spiro atoms. The van der Waals surface area contributed by atoms with E-state index in [4.69, 9.17) is 5.73 Å². The van der Waals surface area contributed by atoms with Crippen LogP contribution in [0.5, 0.6) is 0 Å². The molecule has 0 aliphatic rings. The normalized spacial score (nSPS) is 10.8. The number of halogens is 2. The summed E-state index contributed by atoms with van der Waals surface area (Å²) in [5, 5.41) is 1.10. The van der Waals surface area contributed by atoms with Gasteiger partial charge in [-0.2, -0.15) is 0 Å². The highest BCUT2D eigenvalue weighted by Gasteiger charge is 2.05. The summed E-state index contributed by atoms with van der Waals surface area (Å²) in [5.74, 6) is 0.670. The van der Waals surface area contributed by atoms with Crippen molar-refractivity contribution in [3.05, 3.63) is 27.1 Å². The third kappa shape index (κ3) is 1.15. The van der Waals surface area contributed by atoms with Crippen LogP contribution in [0.4, 0.5) is 5.82 Å². The second-order valence-electron chi connectivity index (χ2n) is 2.54. The van der Waals surface area contributed by atoms with Crippen molar-refractivity contribution in [3.63, 3.8) is 0 Å². The molecule has 2 rings (SSSR count). The van der Waals surface area contributed by atoms with Gasteiger partial charge in [-0.3, -0.25) is 0 Å². The van der Waals surface area contributed by atoms with Gasteiger partial charge in [-0.05, 0) is 34.1 Å². The van der Waals surface area contributed by atoms with E-state index < -0.39 is 0 Å². The number of anilines is 1. The van der Waals surface area contributed by atoms with Crippen LogP contribution in [0.15, 0.2) is 27.1 Å². The number of nitrogens with one attached hydrogen (secondary N) is 1. The number of fused-ring (bicyclic) bond motifs is 1. The Morgan fingerprint density at radius 2 is 2.00 bits per heavy atom. The molecule has 1 aromatic heterocycles. The van der Waals surface area contributed by atoms with Crippen LogP contribution in [0.3, 0.4) is 0 Å². The molecule has 4 heteroatoms. The Hall–Kier alpha value is -0.480. The van der Waals surface area contributed by atoms with Crippen molar-refractivity contribution in [3.8, 4) is 0 Å². The van der Waals surface area contributed by atoms with Gasteiger partial charge in [-0.25, -0.2) is 0 Å². The van der Waals surface area contributed by atoms with Gasteiger partial charge in [-0.15, -0.1) is 0 Å². The van der Waals surface area contributed by atoms with Crippen LogP contribution in [0.25, 0.3) is 10.9 Å². The van der Waals surface area contributed by atoms with E-state index in [1.807, 2.05) is 18.2 Å². The summed E-state index contributed by atoms with van der Waals surface area (Å²) in [4.78, 5) is 3.06. The molecule has 12 heavy (non-hydrogen) atoms. The van der Waals surface area contributed by atoms with Gasteiger partial charge in [0.1, 0.15) is 5.82 Å². The zero-order valence-electron chi connectivity index (χ0n) is 6.07. The van der Waals surface area contributed by atoms with E-state index in [2.05, 4.69) is 36.8 Å². The lowest BCUT2D eigenvalue weighted by atomic mass is 10.2. The highest BCUT2D eigenvalue weighted by Crippen LogP contribution is 2.31. The molecule has 0 bridgehead atoms. The molecule has 62 valence electrons. The Morgan fingerprint density at radius 1 is 1.25 bits per heavy atom. The molecule has 0 aliphatic carbocycles. The van der Waals surface area contributed by atoms with E-state index in [0.717, 1.165) is 19.8 Å². The monoisotopic (exact) mass is 288 g/mol. The molecule has 2 aromatic rings. The number of nitrogens with two attached hydrogens (primary N) is 1. The van der Waals surface area contributed by atoms with Gasteiger partial charge in [0.15, 0.2) is 0 Å². The fraction of sp³-hybridized carbons (Fsp3) is 0. The zero-order valence-corrected chi connectivity index (χ0v) is 9.24. The summed E-state index contributed by atoms with van der Waals surface area (Å²) in [5.41, 5.74) is 6.73. The molecule has 0 amide bonds. The van der Waals surface area contributed by atoms with Crippen molar-refractivity contribution in [1.29, 1.82) is 0 Å². The molecule has 0 radical (unpaired) electrons. The molecular weight excluding hydrogens is 284 g/mol. The van der Waals surface area contributed by atoms with Crippen molar-refractivity contribution >= 4 is 48.6 Å². The van der Waals surface area contributed by atoms with Gasteiger partial charge in [0.25, 0.3) is 0 Å². The molecule has 0 atom stereocenters. The highest BCUT2D eigenvalue weighted by molar-refractivity contribution is 9.11. The van der Waals surface area contributed by atoms with Crippen molar-refractivity contribution in [2.45, 2.75) is 0 Å². The van der Waals surface area contributed by atoms with Crippen molar-refractivity contribution in [1.82, 2.24) is 4.98 Å². The van der Waals surface area contributed by atoms with E-state index >= 15 is 0 Å². The van der Waals surface area contributed by atoms with E-state index in [1.165, 1.54) is 0 Å². The standard InChI is InChI=1S/C8H6Br2N2/c9-4-1-2-6-5(3-4)7(10)8(11)12-6/h1-3,12H,11H2. The van der Waals surface area contributed by atoms with E-state index in [-0.39, 0.29) is 0 Å². The first-order chi connectivity index (χ1) is 5.68. The highest BCUT2D eigenvalue weighted by atomic mass is 79.9. The largest absolute Gasteiger partial charge is 0.384 e. The molecule has 0 saturated heterocycles. The summed E-state index contributed by atoms with van der Waals surface area (Å²) in [6, 6.07) is 5.98. The van der Waals surface area contributed by atoms with Gasteiger partial charge in [-0.1, -0.05) is 15.9 Å². The number of benzene rings is 1. The van der Waals surface area contributed by atoms with E-state index in [1.54, 1.807) is 0 Å². The third-order valence-corrected chi connectivity index (χ3v) is 3.07. The van der Waals surface area contributed by atoms with Crippen LogP contribution >= 0.6 is 31.9 Å². The number of hydrogen-bond donors (Lipinski definition) is 2. The van der Waals surface area contributed by atoms with Gasteiger partial charge in [0, 0.05) is 15.4 Å². The summed E-state index contributed by atoms with van der Waals surface area (Å²) in [6.45, 7) is 0. The molecule has 3 N–H and O–H groups in total. The fourth-order valence-electron chi connectivity index (χ4n) is 1.15. The van der Waals surface area contributed by atoms with Crippen LogP contribution in [0.1, 0.15) is 0 Å². The molecule has 1 heterocycles. The second-order valence-corrected chi connectivity index (χ2v) is 4.25. The van der Waals surface area contributed by atoms with Crippen LogP contribution < -0.4 is 5.73 Å². The number of hydrogen-bond acceptors (Lipinski definition) is 1. The maximum Gasteiger partial charge on any atom is 0.116 e. The Labute approximate surface area is 86.4 Å². The maximum atomic E-state index is 5.68. The number of rotatable bonds is 0. The first-order valence-corrected chi connectivity index (χ1v) is 4.99. The van der Waals surface area contributed by atoms with Crippen molar-refractivity contribution in [2.24, 2.45) is 0 Å². The maximum absolute atomic E-state index is 5.68. The summed E-state index contributed by atoms with van der Waals surface area (Å²) >= 11 is 6.81. The molecule has 0 aliphatic heterocycles. The van der Waals surface area contributed by atoms with Crippen molar-refractivity contribution in [2.75, 3.05) is 5.73 Å². The lowest BCUT2D eigenvalue weighted by Crippen LogP contribution is -1.82. The predicted molar refractivity (Wildman–Crippen MR) is 58.1 cm³/mol. The minimum atomic E-state index is 0.670. The molecular formula is C8H6Br2N2. The zero-order chi connectivity index (χ0) is 8.72. The minimum absolute atomic E-state index is 0.670. The number of H-pyrrole nitrogens is 1. The van der Waals surface area contributed by atoms with Crippen LogP contribution in [-0.2, 0) is 0 Å². The third-order valence-electron chi connectivity index (χ3n) is 1.72. The van der Waals surface area contributed by atoms with Gasteiger partial charge >= 0.3 is 0 Å². The Kier molecular flexibility index (Phi) is 1.88. The van der Waals surface area contributed by atoms with Gasteiger partial charge < -0.3 is 10.7 Å².